The Balaban J connectivity index is 1.62. The molecule has 0 heterocycles. The fourth-order valence-corrected chi connectivity index (χ4v) is 5.22. The molecule has 0 aliphatic heterocycles. The molecule has 0 saturated heterocycles. The molecular formula is C29H30ClNO4S2. The molecule has 0 aromatic heterocycles. The van der Waals surface area contributed by atoms with Crippen molar-refractivity contribution in [2.75, 3.05) is 5.75 Å². The highest BCUT2D eigenvalue weighted by atomic mass is 35.5. The van der Waals surface area contributed by atoms with Gasteiger partial charge in [-0.15, -0.1) is 17.2 Å². The van der Waals surface area contributed by atoms with Gasteiger partial charge >= 0.3 is 5.97 Å². The number of nitrogens with one attached hydrogen (secondary N) is 1. The highest BCUT2D eigenvalue weighted by Crippen LogP contribution is 2.30. The molecule has 0 aliphatic carbocycles. The van der Waals surface area contributed by atoms with Gasteiger partial charge in [0.05, 0.1) is 0 Å². The van der Waals surface area contributed by atoms with Gasteiger partial charge < -0.3 is 4.84 Å². The summed E-state index contributed by atoms with van der Waals surface area (Å²) in [6.45, 7) is 7.01. The second kappa shape index (κ2) is 13.3. The summed E-state index contributed by atoms with van der Waals surface area (Å²) >= 11 is 9.09. The van der Waals surface area contributed by atoms with E-state index in [-0.39, 0.29) is 11.6 Å². The van der Waals surface area contributed by atoms with Crippen LogP contribution in [-0.4, -0.2) is 29.3 Å². The Morgan fingerprint density at radius 2 is 1.35 bits per heavy atom. The van der Waals surface area contributed by atoms with Gasteiger partial charge in [-0.05, 0) is 55.0 Å². The van der Waals surface area contributed by atoms with Crippen molar-refractivity contribution < 1.29 is 19.2 Å². The number of carbonyl (C=O) groups excluding carboxylic acids is 3. The normalized spacial score (nSPS) is 12.1. The fourth-order valence-electron chi connectivity index (χ4n) is 3.35. The molecule has 37 heavy (non-hydrogen) atoms. The maximum absolute atomic E-state index is 13.2. The second-order valence-electron chi connectivity index (χ2n) is 9.45. The van der Waals surface area contributed by atoms with Crippen LogP contribution in [0.3, 0.4) is 0 Å². The van der Waals surface area contributed by atoms with E-state index in [1.807, 2.05) is 81.4 Å². The summed E-state index contributed by atoms with van der Waals surface area (Å²) in [6.07, 6.45) is 0.468. The van der Waals surface area contributed by atoms with E-state index in [4.69, 9.17) is 16.4 Å². The predicted molar refractivity (Wildman–Crippen MR) is 151 cm³/mol. The van der Waals surface area contributed by atoms with Crippen LogP contribution in [0, 0.1) is 5.41 Å². The summed E-state index contributed by atoms with van der Waals surface area (Å²) in [7, 11) is 0. The number of thioether (sulfide) groups is 1. The Labute approximate surface area is 231 Å². The average Bonchev–Trinajstić information content (AvgIpc) is 2.86. The van der Waals surface area contributed by atoms with E-state index in [0.717, 1.165) is 14.7 Å². The Hall–Kier alpha value is -2.58. The SMILES string of the molecule is CC(=O)ONC(CCSc1ccc(Cl)cc1)C(=O)c1ccc(Sc2ccc(C(=O)C(C)(C)C)cc2)cc1. The van der Waals surface area contributed by atoms with Gasteiger partial charge in [0.1, 0.15) is 6.04 Å². The van der Waals surface area contributed by atoms with E-state index in [9.17, 15) is 14.4 Å². The Kier molecular flexibility index (Phi) is 10.4. The van der Waals surface area contributed by atoms with Crippen LogP contribution in [0.15, 0.2) is 87.5 Å². The third-order valence-electron chi connectivity index (χ3n) is 5.32. The largest absolute Gasteiger partial charge is 0.370 e. The van der Waals surface area contributed by atoms with Crippen LogP contribution < -0.4 is 5.48 Å². The number of rotatable bonds is 11. The van der Waals surface area contributed by atoms with Crippen molar-refractivity contribution in [1.29, 1.82) is 0 Å². The fraction of sp³-hybridized carbons (Fsp3) is 0.276. The van der Waals surface area contributed by atoms with Crippen molar-refractivity contribution in [2.24, 2.45) is 5.41 Å². The Bertz CT molecular complexity index is 1220. The van der Waals surface area contributed by atoms with Gasteiger partial charge in [0.15, 0.2) is 11.6 Å². The second-order valence-corrected chi connectivity index (χ2v) is 12.2. The first-order chi connectivity index (χ1) is 17.5. The van der Waals surface area contributed by atoms with E-state index in [2.05, 4.69) is 5.48 Å². The van der Waals surface area contributed by atoms with E-state index in [1.165, 1.54) is 6.92 Å². The maximum atomic E-state index is 13.2. The smallest absolute Gasteiger partial charge is 0.321 e. The molecule has 0 spiro atoms. The molecule has 1 unspecified atom stereocenters. The number of carbonyl (C=O) groups is 3. The number of hydrogen-bond acceptors (Lipinski definition) is 7. The number of hydroxylamine groups is 1. The molecule has 0 radical (unpaired) electrons. The third kappa shape index (κ3) is 9.04. The molecule has 3 aromatic carbocycles. The molecule has 5 nitrogen and oxygen atoms in total. The molecule has 1 N–H and O–H groups in total. The summed E-state index contributed by atoms with van der Waals surface area (Å²) < 4.78 is 0. The summed E-state index contributed by atoms with van der Waals surface area (Å²) in [5.74, 6) is 0.0913. The molecule has 0 bridgehead atoms. The molecular weight excluding hydrogens is 526 g/mol. The Morgan fingerprint density at radius 1 is 0.838 bits per heavy atom. The lowest BCUT2D eigenvalue weighted by Crippen LogP contribution is -2.38. The molecule has 8 heteroatoms. The number of benzene rings is 3. The molecule has 1 atom stereocenters. The van der Waals surface area contributed by atoms with Gasteiger partial charge in [0.2, 0.25) is 0 Å². The average molecular weight is 556 g/mol. The maximum Gasteiger partial charge on any atom is 0.321 e. The van der Waals surface area contributed by atoms with Gasteiger partial charge in [0, 0.05) is 48.9 Å². The van der Waals surface area contributed by atoms with Crippen LogP contribution in [0.1, 0.15) is 54.8 Å². The molecule has 0 saturated carbocycles. The first-order valence-corrected chi connectivity index (χ1v) is 14.0. The van der Waals surface area contributed by atoms with Crippen LogP contribution in [0.25, 0.3) is 0 Å². The summed E-state index contributed by atoms with van der Waals surface area (Å²) in [4.78, 5) is 44.9. The van der Waals surface area contributed by atoms with Gasteiger partial charge in [-0.1, -0.05) is 68.4 Å². The minimum Gasteiger partial charge on any atom is -0.370 e. The van der Waals surface area contributed by atoms with Gasteiger partial charge in [0.25, 0.3) is 0 Å². The van der Waals surface area contributed by atoms with E-state index < -0.39 is 17.4 Å². The van der Waals surface area contributed by atoms with Crippen LogP contribution in [0.2, 0.25) is 5.02 Å². The van der Waals surface area contributed by atoms with Crippen molar-refractivity contribution in [3.05, 3.63) is 88.9 Å². The Morgan fingerprint density at radius 3 is 1.86 bits per heavy atom. The van der Waals surface area contributed by atoms with E-state index in [1.54, 1.807) is 35.7 Å². The monoisotopic (exact) mass is 555 g/mol. The van der Waals surface area contributed by atoms with Crippen molar-refractivity contribution in [3.63, 3.8) is 0 Å². The zero-order valence-corrected chi connectivity index (χ0v) is 23.6. The predicted octanol–water partition coefficient (Wildman–Crippen LogP) is 7.52. The van der Waals surface area contributed by atoms with Crippen molar-refractivity contribution in [1.82, 2.24) is 5.48 Å². The van der Waals surface area contributed by atoms with Crippen molar-refractivity contribution >= 4 is 52.7 Å². The van der Waals surface area contributed by atoms with Gasteiger partial charge in [-0.3, -0.25) is 14.4 Å². The first-order valence-electron chi connectivity index (χ1n) is 11.8. The number of halogens is 1. The lowest BCUT2D eigenvalue weighted by molar-refractivity contribution is -0.149. The number of hydrogen-bond donors (Lipinski definition) is 1. The number of Topliss-reactive ketones (excluding diaryl/α,β-unsaturated/α-hetero) is 2. The zero-order valence-electron chi connectivity index (χ0n) is 21.2. The topological polar surface area (TPSA) is 72.5 Å². The van der Waals surface area contributed by atoms with Crippen LogP contribution in [0.4, 0.5) is 0 Å². The van der Waals surface area contributed by atoms with E-state index in [0.29, 0.717) is 28.3 Å². The first kappa shape index (κ1) is 29.0. The van der Waals surface area contributed by atoms with Crippen LogP contribution >= 0.6 is 35.1 Å². The molecule has 0 fully saturated rings. The molecule has 0 aliphatic rings. The van der Waals surface area contributed by atoms with Crippen LogP contribution in [-0.2, 0) is 9.63 Å². The number of ketones is 2. The highest BCUT2D eigenvalue weighted by Gasteiger charge is 2.23. The third-order valence-corrected chi connectivity index (χ3v) is 7.64. The van der Waals surface area contributed by atoms with Crippen molar-refractivity contribution in [3.8, 4) is 0 Å². The molecule has 194 valence electrons. The van der Waals surface area contributed by atoms with Gasteiger partial charge in [-0.2, -0.15) is 0 Å². The minimum absolute atomic E-state index is 0.107. The van der Waals surface area contributed by atoms with Gasteiger partial charge in [-0.25, -0.2) is 0 Å². The quantitative estimate of drug-likeness (QED) is 0.149. The molecule has 3 rings (SSSR count). The minimum atomic E-state index is -0.671. The molecule has 3 aromatic rings. The molecule has 0 amide bonds. The summed E-state index contributed by atoms with van der Waals surface area (Å²) in [5, 5.41) is 0.670. The standard InChI is InChI=1S/C29H30ClNO4S2/c1-19(32)35-31-26(17-18-36-23-15-9-22(30)10-16-23)27(33)20-5-11-24(12-6-20)37-25-13-7-21(8-14-25)28(34)29(2,3)4/h5-16,26,31H,17-18H2,1-4H3. The summed E-state index contributed by atoms with van der Waals surface area (Å²) in [6, 6.07) is 21.7. The lowest BCUT2D eigenvalue weighted by Gasteiger charge is -2.17. The van der Waals surface area contributed by atoms with Crippen LogP contribution in [0.5, 0.6) is 0 Å². The van der Waals surface area contributed by atoms with Crippen molar-refractivity contribution in [2.45, 2.75) is 54.8 Å². The summed E-state index contributed by atoms with van der Waals surface area (Å²) in [5.41, 5.74) is 3.42. The zero-order chi connectivity index (χ0) is 27.0. The highest BCUT2D eigenvalue weighted by molar-refractivity contribution is 7.99. The van der Waals surface area contributed by atoms with E-state index >= 15 is 0 Å². The lowest BCUT2D eigenvalue weighted by atomic mass is 9.87.